The molecule has 13 heteroatoms. The monoisotopic (exact) mass is 535 g/mol. The molecule has 0 spiro atoms. The number of nitrogens with one attached hydrogen (secondary N) is 2. The van der Waals surface area contributed by atoms with Crippen molar-refractivity contribution in [2.45, 2.75) is 56.5 Å². The Kier molecular flexibility index (Phi) is 7.86. The third kappa shape index (κ3) is 5.21. The molecule has 0 bridgehead atoms. The SMILES string of the molecule is C[C@@H](CC(=O)CN(C)C(=N)N)[C@H]1C(=O)N2C(C(=O)O)=C(S[C@@H]3CN[C@H](C(=O)N4CC[C@H](N)C4)C3)[C@H](C)[C@H]12. The Morgan fingerprint density at radius 1 is 1.35 bits per heavy atom. The van der Waals surface area contributed by atoms with Crippen molar-refractivity contribution in [1.82, 2.24) is 20.0 Å². The van der Waals surface area contributed by atoms with E-state index < -0.39 is 11.9 Å². The van der Waals surface area contributed by atoms with Crippen LogP contribution in [0.2, 0.25) is 0 Å². The minimum absolute atomic E-state index is 0.00500. The number of carbonyl (C=O) groups is 4. The molecule has 0 aliphatic carbocycles. The van der Waals surface area contributed by atoms with E-state index >= 15 is 0 Å². The molecule has 4 aliphatic rings. The van der Waals surface area contributed by atoms with Crippen molar-refractivity contribution in [1.29, 1.82) is 5.41 Å². The minimum Gasteiger partial charge on any atom is -0.477 e. The van der Waals surface area contributed by atoms with Crippen molar-refractivity contribution < 1.29 is 24.3 Å². The number of Topliss-reactive ketones (excluding diaryl/α,β-unsaturated/α-hetero) is 1. The Labute approximate surface area is 220 Å². The van der Waals surface area contributed by atoms with Crippen molar-refractivity contribution in [3.63, 3.8) is 0 Å². The minimum atomic E-state index is -1.14. The number of likely N-dealkylation sites (N-methyl/N-ethyl adjacent to an activating group) is 1. The molecule has 12 nitrogen and oxygen atoms in total. The lowest BCUT2D eigenvalue weighted by molar-refractivity contribution is -0.160. The molecule has 4 rings (SSSR count). The van der Waals surface area contributed by atoms with Gasteiger partial charge in [0.2, 0.25) is 11.8 Å². The molecule has 204 valence electrons. The molecule has 0 radical (unpaired) electrons. The highest BCUT2D eigenvalue weighted by molar-refractivity contribution is 8.03. The van der Waals surface area contributed by atoms with Gasteiger partial charge in [0.25, 0.3) is 0 Å². The number of likely N-dealkylation sites (tertiary alicyclic amines) is 1. The van der Waals surface area contributed by atoms with Gasteiger partial charge in [0.05, 0.1) is 24.5 Å². The Hall–Kier alpha value is -2.64. The summed E-state index contributed by atoms with van der Waals surface area (Å²) in [5.74, 6) is -2.63. The van der Waals surface area contributed by atoms with Gasteiger partial charge in [0.15, 0.2) is 11.7 Å². The maximum Gasteiger partial charge on any atom is 0.353 e. The Morgan fingerprint density at radius 3 is 2.65 bits per heavy atom. The molecular weight excluding hydrogens is 498 g/mol. The molecule has 0 saturated carbocycles. The number of carboxylic acids is 1. The number of thioether (sulfide) groups is 1. The number of guanidine groups is 1. The predicted molar refractivity (Wildman–Crippen MR) is 138 cm³/mol. The van der Waals surface area contributed by atoms with Crippen molar-refractivity contribution in [3.8, 4) is 0 Å². The van der Waals surface area contributed by atoms with Crippen LogP contribution in [0.3, 0.4) is 0 Å². The summed E-state index contributed by atoms with van der Waals surface area (Å²) in [6.45, 7) is 5.55. The van der Waals surface area contributed by atoms with Crippen LogP contribution in [0.25, 0.3) is 0 Å². The molecule has 2 amide bonds. The average Bonchev–Trinajstić information content (AvgIpc) is 3.51. The molecule has 3 fully saturated rings. The van der Waals surface area contributed by atoms with E-state index in [1.54, 1.807) is 11.9 Å². The van der Waals surface area contributed by atoms with E-state index in [0.717, 1.165) is 6.42 Å². The van der Waals surface area contributed by atoms with E-state index in [9.17, 15) is 24.3 Å². The van der Waals surface area contributed by atoms with Crippen LogP contribution in [0, 0.1) is 23.2 Å². The van der Waals surface area contributed by atoms with Crippen LogP contribution in [0.4, 0.5) is 0 Å². The Morgan fingerprint density at radius 2 is 2.05 bits per heavy atom. The second-order valence-corrected chi connectivity index (χ2v) is 12.1. The summed E-state index contributed by atoms with van der Waals surface area (Å²) in [5, 5.41) is 20.7. The number of carbonyl (C=O) groups excluding carboxylic acids is 3. The van der Waals surface area contributed by atoms with E-state index in [2.05, 4.69) is 5.32 Å². The molecule has 4 heterocycles. The van der Waals surface area contributed by atoms with E-state index in [1.165, 1.54) is 21.6 Å². The third-order valence-electron chi connectivity index (χ3n) is 8.00. The third-order valence-corrected chi connectivity index (χ3v) is 9.51. The van der Waals surface area contributed by atoms with Gasteiger partial charge in [-0.1, -0.05) is 13.8 Å². The van der Waals surface area contributed by atoms with Crippen LogP contribution in [0.5, 0.6) is 0 Å². The summed E-state index contributed by atoms with van der Waals surface area (Å²) < 4.78 is 0. The lowest BCUT2D eigenvalue weighted by Gasteiger charge is -2.47. The fraction of sp³-hybridized carbons (Fsp3) is 0.708. The number of ketones is 1. The van der Waals surface area contributed by atoms with Crippen LogP contribution in [0.1, 0.15) is 33.1 Å². The summed E-state index contributed by atoms with van der Waals surface area (Å²) in [7, 11) is 1.56. The molecule has 0 aromatic heterocycles. The van der Waals surface area contributed by atoms with E-state index in [0.29, 0.717) is 31.0 Å². The van der Waals surface area contributed by atoms with Crippen LogP contribution in [-0.2, 0) is 19.2 Å². The maximum absolute atomic E-state index is 13.1. The van der Waals surface area contributed by atoms with Gasteiger partial charge >= 0.3 is 5.97 Å². The van der Waals surface area contributed by atoms with Gasteiger partial charge in [-0.05, 0) is 18.8 Å². The number of rotatable bonds is 9. The van der Waals surface area contributed by atoms with Crippen molar-refractivity contribution in [2.75, 3.05) is 33.2 Å². The number of fused-ring (bicyclic) bond motifs is 1. The summed E-state index contributed by atoms with van der Waals surface area (Å²) in [4.78, 5) is 55.9. The fourth-order valence-electron chi connectivity index (χ4n) is 6.04. The molecule has 4 aliphatic heterocycles. The molecule has 0 unspecified atom stereocenters. The average molecular weight is 536 g/mol. The van der Waals surface area contributed by atoms with Gasteiger partial charge in [-0.15, -0.1) is 11.8 Å². The molecule has 3 saturated heterocycles. The fourth-order valence-corrected chi connectivity index (χ4v) is 7.51. The topological polar surface area (TPSA) is 186 Å². The highest BCUT2D eigenvalue weighted by atomic mass is 32.2. The van der Waals surface area contributed by atoms with Crippen LogP contribution in [0.15, 0.2) is 10.6 Å². The van der Waals surface area contributed by atoms with E-state index in [4.69, 9.17) is 16.9 Å². The number of aliphatic carboxylic acids is 1. The van der Waals surface area contributed by atoms with Crippen molar-refractivity contribution >= 4 is 41.3 Å². The first kappa shape index (κ1) is 27.4. The van der Waals surface area contributed by atoms with Crippen molar-refractivity contribution in [2.24, 2.45) is 29.2 Å². The standard InChI is InChI=1S/C24H37N7O5S/c1-11(6-14(32)10-29(3)24(26)27)17-18-12(2)20(19(23(35)36)31(18)22(17)34)37-15-7-16(28-8-15)21(33)30-5-4-13(25)9-30/h11-13,15-18,28H,4-10,25H2,1-3H3,(H3,26,27)(H,35,36)/t11-,12+,13-,15-,16-,17+,18+/m0/s1. The highest BCUT2D eigenvalue weighted by Crippen LogP contribution is 2.53. The van der Waals surface area contributed by atoms with Gasteiger partial charge < -0.3 is 36.6 Å². The second-order valence-electron chi connectivity index (χ2n) is 10.8. The zero-order valence-corrected chi connectivity index (χ0v) is 22.3. The summed E-state index contributed by atoms with van der Waals surface area (Å²) in [5.41, 5.74) is 11.4. The number of amides is 2. The van der Waals surface area contributed by atoms with Gasteiger partial charge in [-0.3, -0.25) is 19.8 Å². The van der Waals surface area contributed by atoms with Crippen LogP contribution in [-0.4, -0.2) is 106 Å². The predicted octanol–water partition coefficient (Wildman–Crippen LogP) is -0.797. The maximum atomic E-state index is 13.1. The molecule has 0 aromatic rings. The number of hydrogen-bond acceptors (Lipinski definition) is 8. The van der Waals surface area contributed by atoms with E-state index in [-0.39, 0.29) is 77.4 Å². The summed E-state index contributed by atoms with van der Waals surface area (Å²) >= 11 is 1.45. The van der Waals surface area contributed by atoms with Gasteiger partial charge in [-0.2, -0.15) is 0 Å². The summed E-state index contributed by atoms with van der Waals surface area (Å²) in [6, 6.07) is -0.618. The first-order valence-corrected chi connectivity index (χ1v) is 13.6. The van der Waals surface area contributed by atoms with E-state index in [1.807, 2.05) is 13.8 Å². The molecule has 0 aromatic carbocycles. The quantitative estimate of drug-likeness (QED) is 0.142. The number of β-lactam (4-membered cyclic amide) rings is 1. The van der Waals surface area contributed by atoms with Gasteiger partial charge in [0, 0.05) is 55.2 Å². The lowest BCUT2D eigenvalue weighted by Crippen LogP contribution is -2.62. The van der Waals surface area contributed by atoms with Gasteiger partial charge in [0.1, 0.15) is 5.70 Å². The number of nitrogens with zero attached hydrogens (tertiary/aromatic N) is 3. The van der Waals surface area contributed by atoms with Crippen LogP contribution >= 0.6 is 11.8 Å². The first-order chi connectivity index (χ1) is 17.4. The molecule has 37 heavy (non-hydrogen) atoms. The second kappa shape index (κ2) is 10.6. The first-order valence-electron chi connectivity index (χ1n) is 12.7. The number of hydrogen-bond donors (Lipinski definition) is 5. The zero-order valence-electron chi connectivity index (χ0n) is 21.5. The van der Waals surface area contributed by atoms with Gasteiger partial charge in [-0.25, -0.2) is 4.79 Å². The zero-order chi connectivity index (χ0) is 27.2. The number of nitrogens with two attached hydrogens (primary N) is 2. The Balaban J connectivity index is 1.41. The van der Waals surface area contributed by atoms with Crippen LogP contribution < -0.4 is 16.8 Å². The Bertz CT molecular complexity index is 1030. The smallest absolute Gasteiger partial charge is 0.353 e. The largest absolute Gasteiger partial charge is 0.477 e. The van der Waals surface area contributed by atoms with Crippen molar-refractivity contribution in [3.05, 3.63) is 10.6 Å². The number of carboxylic acid groups (broad SMARTS) is 1. The molecule has 7 atom stereocenters. The summed E-state index contributed by atoms with van der Waals surface area (Å²) in [6.07, 6.45) is 1.52. The normalized spacial score (nSPS) is 31.8. The molecular formula is C24H37N7O5S. The molecule has 7 N–H and O–H groups in total. The highest BCUT2D eigenvalue weighted by Gasteiger charge is 2.60. The lowest BCUT2D eigenvalue weighted by atomic mass is 9.73.